The average Bonchev–Trinajstić information content (AvgIpc) is 3.05. The van der Waals surface area contributed by atoms with Crippen LogP contribution in [-0.4, -0.2) is 44.0 Å². The van der Waals surface area contributed by atoms with Crippen LogP contribution in [0.5, 0.6) is 0 Å². The Morgan fingerprint density at radius 3 is 2.78 bits per heavy atom. The van der Waals surface area contributed by atoms with Gasteiger partial charge in [-0.1, -0.05) is 24.8 Å². The van der Waals surface area contributed by atoms with Crippen molar-refractivity contribution in [3.05, 3.63) is 59.7 Å². The van der Waals surface area contributed by atoms with Crippen molar-refractivity contribution in [2.75, 3.05) is 6.61 Å². The zero-order valence-corrected chi connectivity index (χ0v) is 16.3. The smallest absolute Gasteiger partial charge is 0.199 e. The molecule has 1 N–H and O–H groups in total. The van der Waals surface area contributed by atoms with Gasteiger partial charge in [-0.15, -0.1) is 5.73 Å². The van der Waals surface area contributed by atoms with Gasteiger partial charge in [0.05, 0.1) is 29.8 Å². The van der Waals surface area contributed by atoms with E-state index >= 15 is 0 Å². The van der Waals surface area contributed by atoms with Crippen LogP contribution in [0.1, 0.15) is 32.6 Å². The number of aliphatic hydroxyl groups excluding tert-OH is 1. The van der Waals surface area contributed by atoms with E-state index in [0.29, 0.717) is 6.42 Å². The minimum atomic E-state index is -3.52. The molecule has 2 heterocycles. The van der Waals surface area contributed by atoms with E-state index in [9.17, 15) is 13.5 Å². The molecule has 2 aliphatic rings. The SMILES string of the molecule is C=C=C(C)CC1CC[C@@H]2O[C@@H](/C=C/S(=O)(=O)c3ccccc3)C[C@]2(CO)O1. The van der Waals surface area contributed by atoms with Crippen molar-refractivity contribution in [2.45, 2.75) is 61.4 Å². The summed E-state index contributed by atoms with van der Waals surface area (Å²) < 4.78 is 37.1. The summed E-state index contributed by atoms with van der Waals surface area (Å²) in [7, 11) is -3.52. The molecule has 0 radical (unpaired) electrons. The summed E-state index contributed by atoms with van der Waals surface area (Å²) in [4.78, 5) is 0.247. The Morgan fingerprint density at radius 2 is 2.11 bits per heavy atom. The summed E-state index contributed by atoms with van der Waals surface area (Å²) in [5, 5.41) is 11.2. The fourth-order valence-corrected chi connectivity index (χ4v) is 4.87. The highest BCUT2D eigenvalue weighted by atomic mass is 32.2. The topological polar surface area (TPSA) is 72.8 Å². The predicted molar refractivity (Wildman–Crippen MR) is 103 cm³/mol. The zero-order chi connectivity index (χ0) is 19.5. The molecule has 6 heteroatoms. The summed E-state index contributed by atoms with van der Waals surface area (Å²) in [5.74, 6) is 0. The maximum Gasteiger partial charge on any atom is 0.199 e. The second-order valence-corrected chi connectivity index (χ2v) is 9.09. The van der Waals surface area contributed by atoms with Gasteiger partial charge in [-0.2, -0.15) is 0 Å². The minimum absolute atomic E-state index is 0.0120. The number of ether oxygens (including phenoxy) is 2. The summed E-state index contributed by atoms with van der Waals surface area (Å²) in [6.45, 7) is 5.46. The molecule has 2 saturated heterocycles. The molecule has 0 amide bonds. The Labute approximate surface area is 160 Å². The van der Waals surface area contributed by atoms with Crippen LogP contribution in [0.25, 0.3) is 0 Å². The van der Waals surface area contributed by atoms with Crippen molar-refractivity contribution in [1.82, 2.24) is 0 Å². The van der Waals surface area contributed by atoms with Gasteiger partial charge in [0, 0.05) is 18.2 Å². The van der Waals surface area contributed by atoms with E-state index in [-0.39, 0.29) is 23.7 Å². The van der Waals surface area contributed by atoms with Gasteiger partial charge in [-0.25, -0.2) is 8.42 Å². The monoisotopic (exact) mass is 390 g/mol. The molecule has 0 bridgehead atoms. The Balaban J connectivity index is 1.71. The van der Waals surface area contributed by atoms with Crippen LogP contribution in [0.3, 0.4) is 0 Å². The van der Waals surface area contributed by atoms with Crippen LogP contribution < -0.4 is 0 Å². The van der Waals surface area contributed by atoms with Gasteiger partial charge >= 0.3 is 0 Å². The first-order valence-electron chi connectivity index (χ1n) is 9.16. The first-order chi connectivity index (χ1) is 12.9. The summed E-state index contributed by atoms with van der Waals surface area (Å²) in [6.07, 6.45) is 3.66. The van der Waals surface area contributed by atoms with E-state index in [1.165, 1.54) is 5.41 Å². The van der Waals surface area contributed by atoms with Crippen LogP contribution in [0, 0.1) is 0 Å². The molecule has 1 unspecified atom stereocenters. The first kappa shape index (κ1) is 20.1. The highest BCUT2D eigenvalue weighted by molar-refractivity contribution is 7.94. The molecule has 0 aromatic heterocycles. The number of rotatable bonds is 6. The largest absolute Gasteiger partial charge is 0.393 e. The van der Waals surface area contributed by atoms with Crippen molar-refractivity contribution < 1.29 is 23.0 Å². The van der Waals surface area contributed by atoms with Gasteiger partial charge in [0.25, 0.3) is 0 Å². The summed E-state index contributed by atoms with van der Waals surface area (Å²) >= 11 is 0. The van der Waals surface area contributed by atoms with Gasteiger partial charge < -0.3 is 14.6 Å². The normalized spacial score (nSPS) is 30.8. The maximum absolute atomic E-state index is 12.4. The molecule has 146 valence electrons. The third-order valence-electron chi connectivity index (χ3n) is 5.27. The molecule has 0 aliphatic carbocycles. The predicted octanol–water partition coefficient (Wildman–Crippen LogP) is 3.16. The van der Waals surface area contributed by atoms with Gasteiger partial charge in [0.1, 0.15) is 5.60 Å². The van der Waals surface area contributed by atoms with Gasteiger partial charge in [-0.3, -0.25) is 0 Å². The van der Waals surface area contributed by atoms with Crippen molar-refractivity contribution in [2.24, 2.45) is 0 Å². The molecule has 27 heavy (non-hydrogen) atoms. The van der Waals surface area contributed by atoms with E-state index < -0.39 is 21.5 Å². The van der Waals surface area contributed by atoms with Gasteiger partial charge in [-0.05, 0) is 43.5 Å². The fourth-order valence-electron chi connectivity index (χ4n) is 3.79. The molecule has 2 aliphatic heterocycles. The molecule has 4 atom stereocenters. The average molecular weight is 391 g/mol. The molecule has 5 nitrogen and oxygen atoms in total. The second kappa shape index (κ2) is 8.13. The molecule has 2 fully saturated rings. The van der Waals surface area contributed by atoms with Crippen molar-refractivity contribution in [3.63, 3.8) is 0 Å². The molecule has 1 aromatic rings. The lowest BCUT2D eigenvalue weighted by Crippen LogP contribution is -2.51. The molecule has 1 aromatic carbocycles. The highest BCUT2D eigenvalue weighted by Gasteiger charge is 2.52. The molecular weight excluding hydrogens is 364 g/mol. The Bertz CT molecular complexity index is 839. The Morgan fingerprint density at radius 1 is 1.37 bits per heavy atom. The standard InChI is InChI=1S/C21H26O5S/c1-3-16(2)13-17-9-10-20-21(15-22,26-17)14-18(25-20)11-12-27(23,24)19-7-5-4-6-8-19/h4-8,11-12,17-18,20,22H,1,9-10,13-15H2,2H3/b12-11+/t17?,18-,20-,21+/m0/s1. The third-order valence-corrected chi connectivity index (χ3v) is 6.72. The van der Waals surface area contributed by atoms with Crippen LogP contribution in [-0.2, 0) is 19.3 Å². The lowest BCUT2D eigenvalue weighted by Gasteiger charge is -2.40. The quantitative estimate of drug-likeness (QED) is 0.756. The molecular formula is C21H26O5S. The number of fused-ring (bicyclic) bond motifs is 1. The number of sulfone groups is 1. The minimum Gasteiger partial charge on any atom is -0.393 e. The van der Waals surface area contributed by atoms with E-state index in [4.69, 9.17) is 9.47 Å². The third kappa shape index (κ3) is 4.42. The molecule has 3 rings (SSSR count). The van der Waals surface area contributed by atoms with Crippen molar-refractivity contribution >= 4 is 9.84 Å². The Kier molecular flexibility index (Phi) is 6.04. The lowest BCUT2D eigenvalue weighted by molar-refractivity contribution is -0.181. The number of hydrogen-bond donors (Lipinski definition) is 1. The van der Waals surface area contributed by atoms with Crippen LogP contribution in [0.2, 0.25) is 0 Å². The summed E-state index contributed by atoms with van der Waals surface area (Å²) in [6, 6.07) is 8.28. The first-order valence-corrected chi connectivity index (χ1v) is 10.7. The van der Waals surface area contributed by atoms with Gasteiger partial charge in [0.15, 0.2) is 9.84 Å². The van der Waals surface area contributed by atoms with Crippen LogP contribution in [0.4, 0.5) is 0 Å². The van der Waals surface area contributed by atoms with E-state index in [1.54, 1.807) is 36.4 Å². The van der Waals surface area contributed by atoms with E-state index in [1.807, 2.05) is 6.92 Å². The van der Waals surface area contributed by atoms with Gasteiger partial charge in [0.2, 0.25) is 0 Å². The van der Waals surface area contributed by atoms with E-state index in [2.05, 4.69) is 12.3 Å². The number of aliphatic hydroxyl groups is 1. The fraction of sp³-hybridized carbons (Fsp3) is 0.476. The summed E-state index contributed by atoms with van der Waals surface area (Å²) in [5.41, 5.74) is 3.12. The number of benzene rings is 1. The molecule has 0 spiro atoms. The van der Waals surface area contributed by atoms with E-state index in [0.717, 1.165) is 24.8 Å². The molecule has 0 saturated carbocycles. The van der Waals surface area contributed by atoms with Crippen LogP contribution in [0.15, 0.2) is 64.6 Å². The van der Waals surface area contributed by atoms with Crippen LogP contribution >= 0.6 is 0 Å². The number of hydrogen-bond acceptors (Lipinski definition) is 5. The van der Waals surface area contributed by atoms with Crippen molar-refractivity contribution in [1.29, 1.82) is 0 Å². The second-order valence-electron chi connectivity index (χ2n) is 7.26. The maximum atomic E-state index is 12.4. The lowest BCUT2D eigenvalue weighted by atomic mass is 9.86. The van der Waals surface area contributed by atoms with Crippen molar-refractivity contribution in [3.8, 4) is 0 Å². The zero-order valence-electron chi connectivity index (χ0n) is 15.5. The highest BCUT2D eigenvalue weighted by Crippen LogP contribution is 2.42. The Hall–Kier alpha value is -1.69.